The zero-order chi connectivity index (χ0) is 37.6. The summed E-state index contributed by atoms with van der Waals surface area (Å²) in [6, 6.07) is 5.86. The number of hydrogen-bond donors (Lipinski definition) is 6. The standard InChI is InChI=1S/C37H62N2O11/c1-11-28-37(9,45)31(41)24(7)39-19-20(3)18-36(8,44)32(22(5)29(40)23(6)33(42)49-28)50-35-30(26(38-10)17-21(4)47-35)48-27-16-14-13-15-25(27)34(43)46-12-2/h13-16,20-24,26,28-32,35,38-41,44-45H,11-12,17-19H2,1-10H3/t20-,21-,22+,23-,24-,26+,28-,29+,30-,31-,32-,35+,36-,37-/m1/s1. The highest BCUT2D eigenvalue weighted by atomic mass is 16.7. The number of cyclic esters (lactones) is 1. The first-order chi connectivity index (χ1) is 23.4. The molecule has 286 valence electrons. The van der Waals surface area contributed by atoms with Crippen LogP contribution in [0.4, 0.5) is 0 Å². The van der Waals surface area contributed by atoms with Gasteiger partial charge in [-0.25, -0.2) is 4.79 Å². The van der Waals surface area contributed by atoms with E-state index in [1.165, 1.54) is 13.8 Å². The van der Waals surface area contributed by atoms with E-state index in [1.54, 1.807) is 65.9 Å². The molecule has 13 heteroatoms. The van der Waals surface area contributed by atoms with Crippen molar-refractivity contribution in [1.82, 2.24) is 10.6 Å². The number of likely N-dealkylation sites (N-methyl/N-ethyl adjacent to an activating group) is 1. The average molecular weight is 711 g/mol. The van der Waals surface area contributed by atoms with E-state index in [9.17, 15) is 30.0 Å². The molecule has 0 unspecified atom stereocenters. The molecule has 0 saturated carbocycles. The molecule has 50 heavy (non-hydrogen) atoms. The Hall–Kier alpha value is -2.36. The van der Waals surface area contributed by atoms with Crippen molar-refractivity contribution in [3.8, 4) is 5.75 Å². The second-order valence-corrected chi connectivity index (χ2v) is 14.8. The molecule has 2 aliphatic rings. The number of carbonyl (C=O) groups is 2. The van der Waals surface area contributed by atoms with Gasteiger partial charge in [-0.1, -0.05) is 32.9 Å². The van der Waals surface area contributed by atoms with E-state index in [4.69, 9.17) is 23.7 Å². The Balaban J connectivity index is 2.05. The Kier molecular flexibility index (Phi) is 15.1. The quantitative estimate of drug-likeness (QED) is 0.217. The number of hydrogen-bond acceptors (Lipinski definition) is 13. The molecule has 3 rings (SSSR count). The molecule has 6 N–H and O–H groups in total. The maximum Gasteiger partial charge on any atom is 0.341 e. The van der Waals surface area contributed by atoms with Gasteiger partial charge in [-0.3, -0.25) is 4.79 Å². The van der Waals surface area contributed by atoms with Gasteiger partial charge in [0.1, 0.15) is 29.1 Å². The molecule has 0 bridgehead atoms. The van der Waals surface area contributed by atoms with E-state index >= 15 is 0 Å². The van der Waals surface area contributed by atoms with Gasteiger partial charge < -0.3 is 54.7 Å². The highest BCUT2D eigenvalue weighted by Gasteiger charge is 2.50. The minimum absolute atomic E-state index is 0.165. The third-order valence-electron chi connectivity index (χ3n) is 10.3. The SMILES string of the molecule is CCOC(=O)c1ccccc1O[C@H]1[C@H](O[C@@H]2[C@@H](C)[C@H](O)[C@@H](C)C(=O)O[C@H](CC)[C@@](C)(O)[C@H](O)[C@@H](C)NC[C@H](C)C[C@@]2(C)O)O[C@H](C)C[C@@H]1NC. The van der Waals surface area contributed by atoms with E-state index in [0.717, 1.165) is 0 Å². The van der Waals surface area contributed by atoms with E-state index in [-0.39, 0.29) is 48.8 Å². The minimum Gasteiger partial charge on any atom is -0.483 e. The zero-order valence-electron chi connectivity index (χ0n) is 31.4. The monoisotopic (exact) mass is 710 g/mol. The fourth-order valence-electron chi connectivity index (χ4n) is 7.37. The van der Waals surface area contributed by atoms with Crippen molar-refractivity contribution in [2.75, 3.05) is 20.2 Å². The maximum atomic E-state index is 13.5. The lowest BCUT2D eigenvalue weighted by Crippen LogP contribution is -2.60. The Morgan fingerprint density at radius 3 is 2.36 bits per heavy atom. The average Bonchev–Trinajstić information content (AvgIpc) is 3.07. The van der Waals surface area contributed by atoms with Crippen molar-refractivity contribution in [1.29, 1.82) is 0 Å². The Bertz CT molecular complexity index is 1250. The summed E-state index contributed by atoms with van der Waals surface area (Å²) in [5, 5.41) is 52.9. The molecule has 0 amide bonds. The first kappa shape index (κ1) is 42.1. The fourth-order valence-corrected chi connectivity index (χ4v) is 7.37. The lowest BCUT2D eigenvalue weighted by atomic mass is 9.78. The molecule has 0 spiro atoms. The Morgan fingerprint density at radius 1 is 1.08 bits per heavy atom. The zero-order valence-corrected chi connectivity index (χ0v) is 31.4. The molecule has 14 atom stereocenters. The molecule has 1 aromatic carbocycles. The number of aliphatic hydroxyl groups excluding tert-OH is 2. The molecular formula is C37H62N2O11. The van der Waals surface area contributed by atoms with Crippen LogP contribution in [0.1, 0.15) is 91.9 Å². The second kappa shape index (κ2) is 17.9. The van der Waals surface area contributed by atoms with E-state index < -0.39 is 77.8 Å². The summed E-state index contributed by atoms with van der Waals surface area (Å²) in [5.41, 5.74) is -3.12. The van der Waals surface area contributed by atoms with Crippen molar-refractivity contribution >= 4 is 11.9 Å². The molecule has 13 nitrogen and oxygen atoms in total. The maximum absolute atomic E-state index is 13.5. The number of para-hydroxylation sites is 1. The lowest BCUT2D eigenvalue weighted by molar-refractivity contribution is -0.290. The van der Waals surface area contributed by atoms with Crippen LogP contribution in [-0.4, -0.2) is 119 Å². The van der Waals surface area contributed by atoms with Gasteiger partial charge in [-0.15, -0.1) is 0 Å². The first-order valence-electron chi connectivity index (χ1n) is 18.0. The van der Waals surface area contributed by atoms with Crippen LogP contribution in [0, 0.1) is 17.8 Å². The summed E-state index contributed by atoms with van der Waals surface area (Å²) >= 11 is 0. The van der Waals surface area contributed by atoms with Crippen LogP contribution in [0.25, 0.3) is 0 Å². The number of rotatable bonds is 8. The highest BCUT2D eigenvalue weighted by molar-refractivity contribution is 5.92. The number of benzene rings is 1. The van der Waals surface area contributed by atoms with Crippen LogP contribution in [0.3, 0.4) is 0 Å². The van der Waals surface area contributed by atoms with Crippen LogP contribution < -0.4 is 15.4 Å². The van der Waals surface area contributed by atoms with Gasteiger partial charge in [0, 0.05) is 12.0 Å². The van der Waals surface area contributed by atoms with Crippen molar-refractivity contribution in [3.05, 3.63) is 29.8 Å². The smallest absolute Gasteiger partial charge is 0.341 e. The second-order valence-electron chi connectivity index (χ2n) is 14.8. The third-order valence-corrected chi connectivity index (χ3v) is 10.3. The fraction of sp³-hybridized carbons (Fsp3) is 0.784. The summed E-state index contributed by atoms with van der Waals surface area (Å²) in [5.74, 6) is -3.12. The predicted octanol–water partition coefficient (Wildman–Crippen LogP) is 2.55. The van der Waals surface area contributed by atoms with Gasteiger partial charge in [-0.05, 0) is 92.4 Å². The molecule has 2 aliphatic heterocycles. The summed E-state index contributed by atoms with van der Waals surface area (Å²) in [6.45, 7) is 15.9. The molecule has 2 saturated heterocycles. The highest BCUT2D eigenvalue weighted by Crippen LogP contribution is 2.37. The predicted molar refractivity (Wildman–Crippen MR) is 186 cm³/mol. The van der Waals surface area contributed by atoms with Gasteiger partial charge in [0.15, 0.2) is 12.4 Å². The van der Waals surface area contributed by atoms with Crippen LogP contribution >= 0.6 is 0 Å². The van der Waals surface area contributed by atoms with Crippen molar-refractivity contribution < 1.29 is 53.7 Å². The minimum atomic E-state index is -1.78. The topological polar surface area (TPSA) is 185 Å². The number of carbonyl (C=O) groups excluding carboxylic acids is 2. The van der Waals surface area contributed by atoms with E-state index in [0.29, 0.717) is 13.0 Å². The van der Waals surface area contributed by atoms with Gasteiger partial charge in [0.25, 0.3) is 0 Å². The molecule has 0 radical (unpaired) electrons. The summed E-state index contributed by atoms with van der Waals surface area (Å²) < 4.78 is 30.6. The number of ether oxygens (including phenoxy) is 5. The van der Waals surface area contributed by atoms with Crippen molar-refractivity contribution in [2.24, 2.45) is 17.8 Å². The van der Waals surface area contributed by atoms with Crippen LogP contribution in [0.5, 0.6) is 5.75 Å². The Morgan fingerprint density at radius 2 is 1.74 bits per heavy atom. The van der Waals surface area contributed by atoms with E-state index in [2.05, 4.69) is 10.6 Å². The number of aliphatic hydroxyl groups is 4. The van der Waals surface area contributed by atoms with Gasteiger partial charge in [-0.2, -0.15) is 0 Å². The first-order valence-corrected chi connectivity index (χ1v) is 18.0. The summed E-state index contributed by atoms with van der Waals surface area (Å²) in [7, 11) is 1.79. The van der Waals surface area contributed by atoms with Crippen molar-refractivity contribution in [3.63, 3.8) is 0 Å². The van der Waals surface area contributed by atoms with Gasteiger partial charge in [0.2, 0.25) is 0 Å². The molecule has 2 fully saturated rings. The molecule has 2 heterocycles. The van der Waals surface area contributed by atoms with Gasteiger partial charge in [0.05, 0.1) is 42.5 Å². The molecular weight excluding hydrogens is 648 g/mol. The normalized spacial score (nSPS) is 41.0. The van der Waals surface area contributed by atoms with Crippen molar-refractivity contribution in [2.45, 2.75) is 148 Å². The molecule has 0 aromatic heterocycles. The summed E-state index contributed by atoms with van der Waals surface area (Å²) in [6.07, 6.45) is -5.97. The number of esters is 2. The van der Waals surface area contributed by atoms with Crippen LogP contribution in [-0.2, 0) is 23.7 Å². The van der Waals surface area contributed by atoms with Gasteiger partial charge >= 0.3 is 11.9 Å². The molecule has 0 aliphatic carbocycles. The summed E-state index contributed by atoms with van der Waals surface area (Å²) in [4.78, 5) is 26.3. The number of nitrogens with one attached hydrogen (secondary N) is 2. The van der Waals surface area contributed by atoms with E-state index in [1.807, 2.05) is 13.8 Å². The third kappa shape index (κ3) is 9.94. The lowest BCUT2D eigenvalue weighted by Gasteiger charge is -2.46. The molecule has 1 aromatic rings. The Labute approximate surface area is 297 Å². The largest absolute Gasteiger partial charge is 0.483 e. The van der Waals surface area contributed by atoms with Crippen LogP contribution in [0.15, 0.2) is 24.3 Å². The van der Waals surface area contributed by atoms with Crippen LogP contribution in [0.2, 0.25) is 0 Å².